The Morgan fingerprint density at radius 3 is 2.66 bits per heavy atom. The summed E-state index contributed by atoms with van der Waals surface area (Å²) < 4.78 is 5.46. The van der Waals surface area contributed by atoms with Gasteiger partial charge in [-0.25, -0.2) is 4.79 Å². The van der Waals surface area contributed by atoms with Gasteiger partial charge in [0.1, 0.15) is 5.75 Å². The van der Waals surface area contributed by atoms with Crippen molar-refractivity contribution in [2.45, 2.75) is 20.4 Å². The molecule has 1 heterocycles. The molecule has 0 fully saturated rings. The van der Waals surface area contributed by atoms with E-state index in [2.05, 4.69) is 15.6 Å². The Balaban J connectivity index is 1.83. The highest BCUT2D eigenvalue weighted by atomic mass is 35.5. The number of nitrogens with zero attached hydrogens (tertiary/aromatic N) is 2. The average molecular weight is 413 g/mol. The first-order chi connectivity index (χ1) is 14.0. The average Bonchev–Trinajstić information content (AvgIpc) is 2.73. The van der Waals surface area contributed by atoms with Gasteiger partial charge >= 0.3 is 6.03 Å². The second-order valence-corrected chi connectivity index (χ2v) is 6.94. The molecule has 0 aliphatic heterocycles. The van der Waals surface area contributed by atoms with Crippen molar-refractivity contribution in [3.8, 4) is 5.75 Å². The Morgan fingerprint density at radius 2 is 1.93 bits per heavy atom. The molecule has 0 radical (unpaired) electrons. The monoisotopic (exact) mass is 412 g/mol. The van der Waals surface area contributed by atoms with Gasteiger partial charge in [-0.15, -0.1) is 0 Å². The Hall–Kier alpha value is -2.99. The number of methoxy groups -OCH3 is 1. The molecule has 0 saturated carbocycles. The van der Waals surface area contributed by atoms with Crippen LogP contribution in [0.25, 0.3) is 10.9 Å². The van der Waals surface area contributed by atoms with E-state index in [1.807, 2.05) is 56.3 Å². The van der Waals surface area contributed by atoms with Gasteiger partial charge in [-0.1, -0.05) is 11.6 Å². The summed E-state index contributed by atoms with van der Waals surface area (Å²) in [4.78, 5) is 18.4. The number of anilines is 2. The van der Waals surface area contributed by atoms with Crippen LogP contribution < -0.4 is 15.4 Å². The number of amides is 2. The second-order valence-electron chi connectivity index (χ2n) is 6.50. The molecule has 2 N–H and O–H groups in total. The number of halogens is 1. The topological polar surface area (TPSA) is 66.5 Å². The molecule has 3 aromatic rings. The van der Waals surface area contributed by atoms with E-state index in [0.717, 1.165) is 33.6 Å². The van der Waals surface area contributed by atoms with Crippen LogP contribution in [0.5, 0.6) is 5.75 Å². The van der Waals surface area contributed by atoms with E-state index >= 15 is 0 Å². The summed E-state index contributed by atoms with van der Waals surface area (Å²) in [5, 5.41) is 8.01. The number of nitrogens with one attached hydrogen (secondary N) is 2. The van der Waals surface area contributed by atoms with Crippen molar-refractivity contribution in [1.82, 2.24) is 15.2 Å². The van der Waals surface area contributed by atoms with Crippen LogP contribution in [0.15, 0.2) is 48.7 Å². The van der Waals surface area contributed by atoms with Gasteiger partial charge in [-0.3, -0.25) is 4.98 Å². The molecular weight excluding hydrogens is 388 g/mol. The molecule has 0 spiro atoms. The highest BCUT2D eigenvalue weighted by molar-refractivity contribution is 6.31. The van der Waals surface area contributed by atoms with Crippen molar-refractivity contribution in [1.29, 1.82) is 0 Å². The quantitative estimate of drug-likeness (QED) is 0.560. The van der Waals surface area contributed by atoms with Gasteiger partial charge in [0, 0.05) is 53.2 Å². The predicted molar refractivity (Wildman–Crippen MR) is 118 cm³/mol. The lowest BCUT2D eigenvalue weighted by molar-refractivity contribution is 0.202. The Labute approximate surface area is 175 Å². The van der Waals surface area contributed by atoms with Crippen LogP contribution in [-0.2, 0) is 6.54 Å². The highest BCUT2D eigenvalue weighted by Crippen LogP contribution is 2.29. The normalized spacial score (nSPS) is 10.6. The van der Waals surface area contributed by atoms with Crippen LogP contribution in [0, 0.1) is 0 Å². The molecular formula is C22H25ClN4O2. The first-order valence-corrected chi connectivity index (χ1v) is 9.94. The number of ether oxygens (including phenoxy) is 1. The summed E-state index contributed by atoms with van der Waals surface area (Å²) in [6, 6.07) is 13.3. The number of fused-ring (bicyclic) bond motifs is 1. The number of pyridine rings is 1. The number of carbonyl (C=O) groups is 1. The summed E-state index contributed by atoms with van der Waals surface area (Å²) in [6.07, 6.45) is 1.75. The van der Waals surface area contributed by atoms with Crippen molar-refractivity contribution in [2.24, 2.45) is 0 Å². The molecule has 3 rings (SSSR count). The van der Waals surface area contributed by atoms with E-state index < -0.39 is 0 Å². The number of rotatable bonds is 7. The number of aromatic nitrogens is 1. The fraction of sp³-hybridized carbons (Fsp3) is 0.273. The van der Waals surface area contributed by atoms with Crippen molar-refractivity contribution < 1.29 is 9.53 Å². The Bertz CT molecular complexity index is 1010. The van der Waals surface area contributed by atoms with Gasteiger partial charge in [-0.2, -0.15) is 0 Å². The zero-order valence-electron chi connectivity index (χ0n) is 16.8. The minimum atomic E-state index is -0.0904. The zero-order valence-corrected chi connectivity index (χ0v) is 17.6. The number of hydrogen-bond donors (Lipinski definition) is 2. The molecule has 152 valence electrons. The Morgan fingerprint density at radius 1 is 1.14 bits per heavy atom. The minimum Gasteiger partial charge on any atom is -0.496 e. The molecule has 2 amide bonds. The first-order valence-electron chi connectivity index (χ1n) is 9.56. The van der Waals surface area contributed by atoms with Crippen molar-refractivity contribution >= 4 is 39.9 Å². The molecule has 0 saturated heterocycles. The maximum atomic E-state index is 12.3. The van der Waals surface area contributed by atoms with Crippen LogP contribution in [0.4, 0.5) is 16.2 Å². The van der Waals surface area contributed by atoms with Crippen LogP contribution in [-0.4, -0.2) is 36.1 Å². The molecule has 1 aromatic heterocycles. The number of benzene rings is 2. The third-order valence-electron chi connectivity index (χ3n) is 4.74. The van der Waals surface area contributed by atoms with Crippen molar-refractivity contribution in [2.75, 3.05) is 25.5 Å². The van der Waals surface area contributed by atoms with Crippen LogP contribution >= 0.6 is 11.6 Å². The molecule has 0 bridgehead atoms. The number of urea groups is 1. The lowest BCUT2D eigenvalue weighted by atomic mass is 10.1. The number of hydrogen-bond acceptors (Lipinski definition) is 4. The molecule has 0 aliphatic carbocycles. The lowest BCUT2D eigenvalue weighted by Crippen LogP contribution is -2.39. The van der Waals surface area contributed by atoms with Crippen LogP contribution in [0.1, 0.15) is 19.4 Å². The van der Waals surface area contributed by atoms with E-state index in [1.54, 1.807) is 18.2 Å². The standard InChI is InChI=1S/C22H25ClN4O2/c1-4-27(5-2)22(28)25-14-15-12-17(7-9-21(15)29-3)26-19-10-11-24-20-13-16(23)6-8-18(19)20/h6-13H,4-5,14H2,1-3H3,(H,24,26)(H,25,28). The maximum absolute atomic E-state index is 12.3. The largest absolute Gasteiger partial charge is 0.496 e. The predicted octanol–water partition coefficient (Wildman–Crippen LogP) is 5.19. The second kappa shape index (κ2) is 9.47. The van der Waals surface area contributed by atoms with Gasteiger partial charge < -0.3 is 20.3 Å². The highest BCUT2D eigenvalue weighted by Gasteiger charge is 2.11. The zero-order chi connectivity index (χ0) is 20.8. The summed E-state index contributed by atoms with van der Waals surface area (Å²) in [7, 11) is 1.62. The third kappa shape index (κ3) is 4.90. The lowest BCUT2D eigenvalue weighted by Gasteiger charge is -2.20. The molecule has 6 nitrogen and oxygen atoms in total. The van der Waals surface area contributed by atoms with Gasteiger partial charge in [0.05, 0.1) is 12.6 Å². The molecule has 29 heavy (non-hydrogen) atoms. The summed E-state index contributed by atoms with van der Waals surface area (Å²) in [5.74, 6) is 0.724. The van der Waals surface area contributed by atoms with Gasteiger partial charge in [0.25, 0.3) is 0 Å². The van der Waals surface area contributed by atoms with Crippen molar-refractivity contribution in [3.05, 3.63) is 59.2 Å². The molecule has 7 heteroatoms. The maximum Gasteiger partial charge on any atom is 0.317 e. The number of carbonyl (C=O) groups excluding carboxylic acids is 1. The SMILES string of the molecule is CCN(CC)C(=O)NCc1cc(Nc2ccnc3cc(Cl)ccc23)ccc1OC. The molecule has 2 aromatic carbocycles. The minimum absolute atomic E-state index is 0.0904. The molecule has 0 unspecified atom stereocenters. The van der Waals surface area contributed by atoms with E-state index in [-0.39, 0.29) is 6.03 Å². The smallest absolute Gasteiger partial charge is 0.317 e. The van der Waals surface area contributed by atoms with Gasteiger partial charge in [-0.05, 0) is 56.3 Å². The fourth-order valence-corrected chi connectivity index (χ4v) is 3.34. The summed E-state index contributed by atoms with van der Waals surface area (Å²) in [5.41, 5.74) is 3.53. The van der Waals surface area contributed by atoms with Crippen molar-refractivity contribution in [3.63, 3.8) is 0 Å². The van der Waals surface area contributed by atoms with E-state index in [0.29, 0.717) is 24.7 Å². The van der Waals surface area contributed by atoms with E-state index in [9.17, 15) is 4.79 Å². The van der Waals surface area contributed by atoms with E-state index in [4.69, 9.17) is 16.3 Å². The van der Waals surface area contributed by atoms with Crippen LogP contribution in [0.2, 0.25) is 5.02 Å². The fourth-order valence-electron chi connectivity index (χ4n) is 3.17. The third-order valence-corrected chi connectivity index (χ3v) is 4.98. The van der Waals surface area contributed by atoms with E-state index in [1.165, 1.54) is 0 Å². The van der Waals surface area contributed by atoms with Gasteiger partial charge in [0.15, 0.2) is 0 Å². The first kappa shape index (κ1) is 20.7. The molecule has 0 atom stereocenters. The Kier molecular flexibility index (Phi) is 6.77. The molecule has 0 aliphatic rings. The van der Waals surface area contributed by atoms with Gasteiger partial charge in [0.2, 0.25) is 0 Å². The van der Waals surface area contributed by atoms with Crippen LogP contribution in [0.3, 0.4) is 0 Å². The summed E-state index contributed by atoms with van der Waals surface area (Å²) in [6.45, 7) is 5.63. The summed E-state index contributed by atoms with van der Waals surface area (Å²) >= 11 is 6.08.